The Morgan fingerprint density at radius 1 is 1.27 bits per heavy atom. The topological polar surface area (TPSA) is 116 Å². The number of ether oxygens (including phenoxy) is 1. The van der Waals surface area contributed by atoms with Crippen LogP contribution in [0.15, 0.2) is 18.2 Å². The number of anilines is 1. The van der Waals surface area contributed by atoms with Crippen molar-refractivity contribution >= 4 is 23.5 Å². The van der Waals surface area contributed by atoms with Gasteiger partial charge in [0, 0.05) is 26.6 Å². The molecule has 1 fully saturated rings. The van der Waals surface area contributed by atoms with Gasteiger partial charge in [0.25, 0.3) is 11.9 Å². The number of carbonyl (C=O) groups is 3. The number of nitrogens with zero attached hydrogens (tertiary/aromatic N) is 1. The lowest BCUT2D eigenvalue weighted by Crippen LogP contribution is -2.38. The van der Waals surface area contributed by atoms with E-state index >= 15 is 0 Å². The summed E-state index contributed by atoms with van der Waals surface area (Å²) in [6.07, 6.45) is 2.02. The number of para-hydroxylation sites is 1. The average molecular weight is 364 g/mol. The van der Waals surface area contributed by atoms with Gasteiger partial charge < -0.3 is 25.2 Å². The van der Waals surface area contributed by atoms with Crippen LogP contribution in [0.3, 0.4) is 0 Å². The molecule has 8 heteroatoms. The Kier molecular flexibility index (Phi) is 6.97. The Morgan fingerprint density at radius 3 is 2.69 bits per heavy atom. The van der Waals surface area contributed by atoms with Crippen LogP contribution in [0.1, 0.15) is 29.3 Å². The summed E-state index contributed by atoms with van der Waals surface area (Å²) in [5.74, 6) is -2.55. The van der Waals surface area contributed by atoms with Gasteiger partial charge in [0.1, 0.15) is 0 Å². The van der Waals surface area contributed by atoms with Crippen LogP contribution in [0, 0.1) is 5.92 Å². The summed E-state index contributed by atoms with van der Waals surface area (Å²) in [6, 6.07) is 5.73. The molecule has 0 bridgehead atoms. The molecule has 2 aliphatic heterocycles. The molecule has 8 nitrogen and oxygen atoms in total. The molecule has 0 radical (unpaired) electrons. The molecule has 0 spiro atoms. The van der Waals surface area contributed by atoms with Gasteiger partial charge in [-0.2, -0.15) is 0 Å². The van der Waals surface area contributed by atoms with Gasteiger partial charge in [-0.25, -0.2) is 0 Å². The molecule has 1 aromatic carbocycles. The van der Waals surface area contributed by atoms with Crippen molar-refractivity contribution in [1.29, 1.82) is 0 Å². The maximum Gasteiger partial charge on any atom is 0.310 e. The molecule has 3 N–H and O–H groups in total. The highest BCUT2D eigenvalue weighted by atomic mass is 16.5. The molecule has 142 valence electrons. The molecule has 1 aromatic rings. The first-order chi connectivity index (χ1) is 12.4. The van der Waals surface area contributed by atoms with E-state index in [0.29, 0.717) is 18.7 Å². The molecule has 2 aliphatic rings. The van der Waals surface area contributed by atoms with Crippen molar-refractivity contribution in [3.63, 3.8) is 0 Å². The largest absolute Gasteiger partial charge is 0.481 e. The molecule has 2 heterocycles. The van der Waals surface area contributed by atoms with Crippen LogP contribution in [0.5, 0.6) is 0 Å². The van der Waals surface area contributed by atoms with Gasteiger partial charge in [0.05, 0.1) is 30.4 Å². The van der Waals surface area contributed by atoms with Crippen LogP contribution in [0.25, 0.3) is 0 Å². The maximum atomic E-state index is 12.8. The van der Waals surface area contributed by atoms with Crippen LogP contribution < -0.4 is 5.32 Å². The van der Waals surface area contributed by atoms with E-state index in [1.54, 1.807) is 11.0 Å². The lowest BCUT2D eigenvalue weighted by Gasteiger charge is -2.26. The quantitative estimate of drug-likeness (QED) is 0.724. The van der Waals surface area contributed by atoms with E-state index in [9.17, 15) is 14.7 Å². The van der Waals surface area contributed by atoms with Crippen molar-refractivity contribution in [3.8, 4) is 0 Å². The summed E-state index contributed by atoms with van der Waals surface area (Å²) in [6.45, 7) is 3.09. The van der Waals surface area contributed by atoms with Gasteiger partial charge in [0.15, 0.2) is 0 Å². The Bertz CT molecular complexity index is 672. The summed E-state index contributed by atoms with van der Waals surface area (Å²) >= 11 is 0. The second-order valence-corrected chi connectivity index (χ2v) is 6.25. The zero-order chi connectivity index (χ0) is 19.1. The summed E-state index contributed by atoms with van der Waals surface area (Å²) in [5, 5.41) is 19.9. The number of hydrogen-bond acceptors (Lipinski definition) is 5. The Balaban J connectivity index is 0.000000552. The highest BCUT2D eigenvalue weighted by molar-refractivity contribution is 6.00. The monoisotopic (exact) mass is 364 g/mol. The van der Waals surface area contributed by atoms with E-state index in [-0.39, 0.29) is 19.1 Å². The summed E-state index contributed by atoms with van der Waals surface area (Å²) in [4.78, 5) is 34.6. The van der Waals surface area contributed by atoms with Crippen molar-refractivity contribution in [2.24, 2.45) is 5.92 Å². The molecule has 3 rings (SSSR count). The summed E-state index contributed by atoms with van der Waals surface area (Å²) in [7, 11) is 0. The first kappa shape index (κ1) is 19.7. The number of hydrogen-bond donors (Lipinski definition) is 3. The first-order valence-corrected chi connectivity index (χ1v) is 8.55. The number of aliphatic carboxylic acids is 2. The Hall–Kier alpha value is -2.61. The van der Waals surface area contributed by atoms with Gasteiger partial charge in [-0.05, 0) is 24.5 Å². The number of carboxylic acids is 2. The predicted molar refractivity (Wildman–Crippen MR) is 94.4 cm³/mol. The molecule has 1 amide bonds. The summed E-state index contributed by atoms with van der Waals surface area (Å²) < 4.78 is 5.31. The third-order valence-corrected chi connectivity index (χ3v) is 4.21. The second-order valence-electron chi connectivity index (χ2n) is 6.25. The minimum atomic E-state index is -0.923. The van der Waals surface area contributed by atoms with Crippen LogP contribution in [-0.4, -0.2) is 65.8 Å². The van der Waals surface area contributed by atoms with Crippen molar-refractivity contribution in [2.75, 3.05) is 38.2 Å². The highest BCUT2D eigenvalue weighted by Gasteiger charge is 2.29. The average Bonchev–Trinajstić information content (AvgIpc) is 2.86. The normalized spacial score (nSPS) is 19.1. The van der Waals surface area contributed by atoms with E-state index in [1.165, 1.54) is 0 Å². The van der Waals surface area contributed by atoms with Crippen LogP contribution in [0.4, 0.5) is 5.69 Å². The molecule has 0 aromatic heterocycles. The van der Waals surface area contributed by atoms with Crippen molar-refractivity contribution < 1.29 is 29.3 Å². The van der Waals surface area contributed by atoms with E-state index in [4.69, 9.17) is 14.6 Å². The molecular formula is C18H24N2O6. The smallest absolute Gasteiger partial charge is 0.310 e. The van der Waals surface area contributed by atoms with E-state index in [1.807, 2.05) is 12.1 Å². The molecule has 26 heavy (non-hydrogen) atoms. The van der Waals surface area contributed by atoms with Crippen LogP contribution in [0.2, 0.25) is 0 Å². The maximum absolute atomic E-state index is 12.8. The first-order valence-electron chi connectivity index (χ1n) is 8.55. The lowest BCUT2D eigenvalue weighted by molar-refractivity contribution is -0.143. The van der Waals surface area contributed by atoms with Crippen LogP contribution >= 0.6 is 0 Å². The predicted octanol–water partition coefficient (Wildman–Crippen LogP) is 1.31. The third-order valence-electron chi connectivity index (χ3n) is 4.21. The molecule has 0 saturated carbocycles. The number of nitrogens with one attached hydrogen (secondary N) is 1. The standard InChI is InChI=1S/C16H20N2O4.C2H4O2/c19-15(18-7-8-22-10-12(9-18)16(20)21)13-5-1-3-11-4-2-6-17-14(11)13;1-2(3)4/h1,3,5,12,17H,2,4,6-10H2,(H,20,21);1H3,(H,3,4). The number of benzene rings is 1. The zero-order valence-corrected chi connectivity index (χ0v) is 14.7. The minimum absolute atomic E-state index is 0.122. The number of carboxylic acid groups (broad SMARTS) is 2. The molecular weight excluding hydrogens is 340 g/mol. The molecule has 1 atom stereocenters. The third kappa shape index (κ3) is 5.19. The fourth-order valence-electron chi connectivity index (χ4n) is 3.00. The molecule has 1 saturated heterocycles. The van der Waals surface area contributed by atoms with Gasteiger partial charge >= 0.3 is 5.97 Å². The molecule has 0 aliphatic carbocycles. The van der Waals surface area contributed by atoms with Gasteiger partial charge in [-0.15, -0.1) is 0 Å². The molecule has 1 unspecified atom stereocenters. The fraction of sp³-hybridized carbons (Fsp3) is 0.500. The number of carbonyl (C=O) groups excluding carboxylic acids is 1. The Morgan fingerprint density at radius 2 is 2.00 bits per heavy atom. The Labute approximate surface area is 151 Å². The zero-order valence-electron chi connectivity index (χ0n) is 14.7. The number of fused-ring (bicyclic) bond motifs is 1. The van der Waals surface area contributed by atoms with Crippen molar-refractivity contribution in [1.82, 2.24) is 4.90 Å². The number of amides is 1. The summed E-state index contributed by atoms with van der Waals surface area (Å²) in [5.41, 5.74) is 2.68. The number of rotatable bonds is 2. The van der Waals surface area contributed by atoms with Crippen molar-refractivity contribution in [2.45, 2.75) is 19.8 Å². The highest BCUT2D eigenvalue weighted by Crippen LogP contribution is 2.27. The minimum Gasteiger partial charge on any atom is -0.481 e. The SMILES string of the molecule is CC(=O)O.O=C(O)C1COCCN(C(=O)c2cccc3c2NCCC3)C1. The van der Waals surface area contributed by atoms with Gasteiger partial charge in [-0.1, -0.05) is 12.1 Å². The second kappa shape index (κ2) is 9.19. The van der Waals surface area contributed by atoms with Gasteiger partial charge in [0.2, 0.25) is 0 Å². The van der Waals surface area contributed by atoms with E-state index in [2.05, 4.69) is 5.32 Å². The van der Waals surface area contributed by atoms with E-state index < -0.39 is 17.9 Å². The lowest BCUT2D eigenvalue weighted by atomic mass is 9.98. The van der Waals surface area contributed by atoms with E-state index in [0.717, 1.165) is 37.6 Å². The fourth-order valence-corrected chi connectivity index (χ4v) is 3.00. The van der Waals surface area contributed by atoms with Gasteiger partial charge in [-0.3, -0.25) is 14.4 Å². The van der Waals surface area contributed by atoms with Crippen LogP contribution in [-0.2, 0) is 20.7 Å². The van der Waals surface area contributed by atoms with Crippen molar-refractivity contribution in [3.05, 3.63) is 29.3 Å². The number of aryl methyl sites for hydroxylation is 1.